The van der Waals surface area contributed by atoms with Gasteiger partial charge in [-0.1, -0.05) is 37.1 Å². The summed E-state index contributed by atoms with van der Waals surface area (Å²) in [6, 6.07) is 9.78. The first-order valence-corrected chi connectivity index (χ1v) is 13.4. The van der Waals surface area contributed by atoms with E-state index in [9.17, 15) is 9.59 Å². The number of benzene rings is 1. The average Bonchev–Trinajstić information content (AvgIpc) is 3.38. The fraction of sp³-hybridized carbons (Fsp3) is 0.704. The highest BCUT2D eigenvalue weighted by Gasteiger charge is 2.44. The summed E-state index contributed by atoms with van der Waals surface area (Å²) in [5.41, 5.74) is 2.81. The number of carbonyl (C=O) groups is 2. The summed E-state index contributed by atoms with van der Waals surface area (Å²) in [6.45, 7) is 7.49. The van der Waals surface area contributed by atoms with Crippen LogP contribution in [0.15, 0.2) is 24.3 Å². The van der Waals surface area contributed by atoms with E-state index in [-0.39, 0.29) is 17.5 Å². The molecule has 1 aromatic carbocycles. The van der Waals surface area contributed by atoms with Crippen LogP contribution in [0.3, 0.4) is 0 Å². The van der Waals surface area contributed by atoms with Gasteiger partial charge in [0.15, 0.2) is 0 Å². The summed E-state index contributed by atoms with van der Waals surface area (Å²) in [4.78, 5) is 31.8. The van der Waals surface area contributed by atoms with Crippen LogP contribution in [0.4, 0.5) is 9.59 Å². The van der Waals surface area contributed by atoms with Crippen LogP contribution in [0, 0.1) is 0 Å². The molecule has 7 heteroatoms. The summed E-state index contributed by atoms with van der Waals surface area (Å²) >= 11 is 0. The second-order valence-electron chi connectivity index (χ2n) is 10.7. The first-order valence-electron chi connectivity index (χ1n) is 13.4. The van der Waals surface area contributed by atoms with E-state index in [0.29, 0.717) is 25.2 Å². The third kappa shape index (κ3) is 4.77. The molecule has 186 valence electrons. The van der Waals surface area contributed by atoms with Gasteiger partial charge >= 0.3 is 12.1 Å². The van der Waals surface area contributed by atoms with Crippen molar-refractivity contribution in [2.45, 2.75) is 82.3 Å². The maximum atomic E-state index is 13.2. The van der Waals surface area contributed by atoms with E-state index in [1.165, 1.54) is 24.0 Å². The van der Waals surface area contributed by atoms with Crippen LogP contribution in [0.5, 0.6) is 0 Å². The molecule has 1 aliphatic carbocycles. The largest absolute Gasteiger partial charge is 0.450 e. The number of urea groups is 1. The molecule has 0 radical (unpaired) electrons. The highest BCUT2D eigenvalue weighted by atomic mass is 16.6. The van der Waals surface area contributed by atoms with Gasteiger partial charge < -0.3 is 24.8 Å². The SMILES string of the molecule is CCOC(=O)N1CCC(N2CCC3(CC2)CN(C(=O)NC2CCCC2)Cc2ccccc23)CC1. The number of piperidine rings is 2. The maximum Gasteiger partial charge on any atom is 0.409 e. The molecule has 3 fully saturated rings. The van der Waals surface area contributed by atoms with E-state index < -0.39 is 0 Å². The van der Waals surface area contributed by atoms with Crippen LogP contribution in [-0.2, 0) is 16.7 Å². The highest BCUT2D eigenvalue weighted by Crippen LogP contribution is 2.42. The van der Waals surface area contributed by atoms with E-state index in [0.717, 1.165) is 71.2 Å². The lowest BCUT2D eigenvalue weighted by atomic mass is 9.68. The summed E-state index contributed by atoms with van der Waals surface area (Å²) in [5, 5.41) is 3.32. The fourth-order valence-electron chi connectivity index (χ4n) is 6.74. The van der Waals surface area contributed by atoms with Crippen molar-refractivity contribution in [1.82, 2.24) is 20.0 Å². The molecule has 1 saturated carbocycles. The molecule has 0 unspecified atom stereocenters. The Morgan fingerprint density at radius 1 is 1.00 bits per heavy atom. The normalized spacial score (nSPS) is 23.7. The van der Waals surface area contributed by atoms with Gasteiger partial charge in [-0.05, 0) is 69.7 Å². The van der Waals surface area contributed by atoms with Gasteiger partial charge in [0.2, 0.25) is 0 Å². The van der Waals surface area contributed by atoms with Crippen molar-refractivity contribution in [2.24, 2.45) is 0 Å². The van der Waals surface area contributed by atoms with Gasteiger partial charge in [-0.15, -0.1) is 0 Å². The van der Waals surface area contributed by atoms with Crippen molar-refractivity contribution in [3.05, 3.63) is 35.4 Å². The topological polar surface area (TPSA) is 65.1 Å². The predicted octanol–water partition coefficient (Wildman–Crippen LogP) is 4.11. The van der Waals surface area contributed by atoms with Crippen molar-refractivity contribution < 1.29 is 14.3 Å². The monoisotopic (exact) mass is 468 g/mol. The van der Waals surface area contributed by atoms with Crippen LogP contribution in [0.2, 0.25) is 0 Å². The molecule has 1 aromatic rings. The minimum Gasteiger partial charge on any atom is -0.450 e. The fourth-order valence-corrected chi connectivity index (χ4v) is 6.74. The zero-order valence-electron chi connectivity index (χ0n) is 20.6. The molecule has 1 spiro atoms. The Bertz CT molecular complexity index is 868. The van der Waals surface area contributed by atoms with Gasteiger partial charge in [-0.3, -0.25) is 0 Å². The zero-order chi connectivity index (χ0) is 23.5. The molecule has 0 bridgehead atoms. The Hall–Kier alpha value is -2.28. The van der Waals surface area contributed by atoms with E-state index in [1.54, 1.807) is 0 Å². The molecule has 0 aromatic heterocycles. The van der Waals surface area contributed by atoms with Crippen molar-refractivity contribution in [1.29, 1.82) is 0 Å². The van der Waals surface area contributed by atoms with Gasteiger partial charge in [0, 0.05) is 43.7 Å². The molecule has 4 aliphatic rings. The van der Waals surface area contributed by atoms with Crippen LogP contribution in [-0.4, -0.2) is 78.2 Å². The summed E-state index contributed by atoms with van der Waals surface area (Å²) in [7, 11) is 0. The van der Waals surface area contributed by atoms with Crippen LogP contribution >= 0.6 is 0 Å². The lowest BCUT2D eigenvalue weighted by molar-refractivity contribution is 0.0469. The average molecular weight is 469 g/mol. The van der Waals surface area contributed by atoms with Gasteiger partial charge in [-0.2, -0.15) is 0 Å². The number of rotatable bonds is 3. The summed E-state index contributed by atoms with van der Waals surface area (Å²) in [6.07, 6.45) is 8.70. The minimum atomic E-state index is -0.173. The first kappa shape index (κ1) is 23.5. The molecular formula is C27H40N4O3. The number of carbonyl (C=O) groups excluding carboxylic acids is 2. The molecule has 2 saturated heterocycles. The van der Waals surface area contributed by atoms with Gasteiger partial charge in [0.1, 0.15) is 0 Å². The molecule has 3 amide bonds. The quantitative estimate of drug-likeness (QED) is 0.725. The van der Waals surface area contributed by atoms with Crippen molar-refractivity contribution in [3.63, 3.8) is 0 Å². The lowest BCUT2D eigenvalue weighted by Gasteiger charge is -2.50. The molecule has 5 rings (SSSR count). The number of nitrogens with zero attached hydrogens (tertiary/aromatic N) is 3. The van der Waals surface area contributed by atoms with Crippen LogP contribution in [0.1, 0.15) is 69.4 Å². The molecule has 1 N–H and O–H groups in total. The second-order valence-corrected chi connectivity index (χ2v) is 10.7. The van der Waals surface area contributed by atoms with Crippen LogP contribution in [0.25, 0.3) is 0 Å². The number of likely N-dealkylation sites (tertiary alicyclic amines) is 2. The molecule has 7 nitrogen and oxygen atoms in total. The summed E-state index contributed by atoms with van der Waals surface area (Å²) < 4.78 is 5.18. The number of amides is 3. The van der Waals surface area contributed by atoms with Crippen molar-refractivity contribution >= 4 is 12.1 Å². The Morgan fingerprint density at radius 2 is 1.71 bits per heavy atom. The van der Waals surface area contributed by atoms with Crippen molar-refractivity contribution in [3.8, 4) is 0 Å². The lowest BCUT2D eigenvalue weighted by Crippen LogP contribution is -2.57. The predicted molar refractivity (Wildman–Crippen MR) is 132 cm³/mol. The highest BCUT2D eigenvalue weighted by molar-refractivity contribution is 5.75. The van der Waals surface area contributed by atoms with E-state index in [1.807, 2.05) is 11.8 Å². The van der Waals surface area contributed by atoms with E-state index >= 15 is 0 Å². The molecular weight excluding hydrogens is 428 g/mol. The molecule has 3 heterocycles. The van der Waals surface area contributed by atoms with E-state index in [4.69, 9.17) is 4.74 Å². The molecule has 3 aliphatic heterocycles. The Morgan fingerprint density at radius 3 is 2.41 bits per heavy atom. The first-order chi connectivity index (χ1) is 16.6. The standard InChI is InChI=1S/C27H40N4O3/c1-2-34-26(33)30-15-11-23(12-16-30)29-17-13-27(14-18-29)20-31(19-21-7-3-6-10-24(21)27)25(32)28-22-8-4-5-9-22/h3,6-7,10,22-23H,2,4-5,8-9,11-20H2,1H3,(H,28,32). The Kier molecular flexibility index (Phi) is 7.00. The van der Waals surface area contributed by atoms with Gasteiger partial charge in [0.25, 0.3) is 0 Å². The van der Waals surface area contributed by atoms with Crippen molar-refractivity contribution in [2.75, 3.05) is 39.3 Å². The van der Waals surface area contributed by atoms with Gasteiger partial charge in [-0.25, -0.2) is 9.59 Å². The third-order valence-electron chi connectivity index (χ3n) is 8.68. The summed E-state index contributed by atoms with van der Waals surface area (Å²) in [5.74, 6) is 0. The van der Waals surface area contributed by atoms with Gasteiger partial charge in [0.05, 0.1) is 6.61 Å². The zero-order valence-corrected chi connectivity index (χ0v) is 20.6. The minimum absolute atomic E-state index is 0.0456. The Labute approximate surface area is 203 Å². The van der Waals surface area contributed by atoms with E-state index in [2.05, 4.69) is 39.4 Å². The Balaban J connectivity index is 1.23. The number of hydrogen-bond acceptors (Lipinski definition) is 4. The van der Waals surface area contributed by atoms with Crippen LogP contribution < -0.4 is 5.32 Å². The second kappa shape index (κ2) is 10.1. The number of ether oxygens (including phenoxy) is 1. The number of hydrogen-bond donors (Lipinski definition) is 1. The maximum absolute atomic E-state index is 13.2. The molecule has 0 atom stereocenters. The molecule has 34 heavy (non-hydrogen) atoms. The smallest absolute Gasteiger partial charge is 0.409 e. The number of nitrogens with one attached hydrogen (secondary N) is 1. The number of fused-ring (bicyclic) bond motifs is 2. The third-order valence-corrected chi connectivity index (χ3v) is 8.68.